The topological polar surface area (TPSA) is 64.6 Å². The number of nitrogens with one attached hydrogen (secondary N) is 1. The van der Waals surface area contributed by atoms with Crippen LogP contribution < -0.4 is 10.1 Å². The van der Waals surface area contributed by atoms with E-state index < -0.39 is 12.1 Å². The number of rotatable bonds is 5. The van der Waals surface area contributed by atoms with E-state index in [1.165, 1.54) is 18.4 Å². The van der Waals surface area contributed by atoms with Crippen LogP contribution in [0.25, 0.3) is 0 Å². The number of ether oxygens (including phenoxy) is 2. The molecule has 0 bridgehead atoms. The van der Waals surface area contributed by atoms with E-state index in [1.807, 2.05) is 0 Å². The van der Waals surface area contributed by atoms with Crippen LogP contribution in [0.5, 0.6) is 5.75 Å². The number of para-hydroxylation sites is 1. The zero-order valence-electron chi connectivity index (χ0n) is 12.0. The highest BCUT2D eigenvalue weighted by atomic mass is 35.5. The molecule has 0 unspecified atom stereocenters. The first kappa shape index (κ1) is 16.3. The minimum atomic E-state index is -0.773. The van der Waals surface area contributed by atoms with E-state index in [1.54, 1.807) is 42.6 Å². The van der Waals surface area contributed by atoms with E-state index >= 15 is 0 Å². The Balaban J connectivity index is 2.05. The lowest BCUT2D eigenvalue weighted by Crippen LogP contribution is -2.30. The molecule has 0 saturated carbocycles. The summed E-state index contributed by atoms with van der Waals surface area (Å²) in [4.78, 5) is 24.1. The van der Waals surface area contributed by atoms with Gasteiger partial charge in [-0.25, -0.2) is 4.79 Å². The van der Waals surface area contributed by atoms with Crippen molar-refractivity contribution in [1.82, 2.24) is 0 Å². The number of carbonyl (C=O) groups excluding carboxylic acids is 2. The van der Waals surface area contributed by atoms with Gasteiger partial charge in [0.05, 0.1) is 17.8 Å². The number of halogens is 1. The van der Waals surface area contributed by atoms with Gasteiger partial charge >= 0.3 is 5.97 Å². The van der Waals surface area contributed by atoms with Gasteiger partial charge in [0.25, 0.3) is 5.91 Å². The molecule has 0 spiro atoms. The summed E-state index contributed by atoms with van der Waals surface area (Å²) < 4.78 is 10.2. The molecule has 5 nitrogen and oxygen atoms in total. The predicted octanol–water partition coefficient (Wildman–Crippen LogP) is 3.59. The number of thiophene rings is 1. The van der Waals surface area contributed by atoms with Crippen molar-refractivity contribution in [2.45, 2.75) is 13.0 Å². The second kappa shape index (κ2) is 7.29. The second-order valence-corrected chi connectivity index (χ2v) is 5.66. The van der Waals surface area contributed by atoms with Crippen LogP contribution in [0, 0.1) is 0 Å². The number of anilines is 1. The van der Waals surface area contributed by atoms with Crippen LogP contribution in [-0.2, 0) is 9.53 Å². The maximum atomic E-state index is 12.2. The molecule has 1 N–H and O–H groups in total. The van der Waals surface area contributed by atoms with E-state index in [0.29, 0.717) is 21.3 Å². The Labute approximate surface area is 136 Å². The van der Waals surface area contributed by atoms with E-state index in [0.717, 1.165) is 0 Å². The number of hydrogen-bond donors (Lipinski definition) is 1. The van der Waals surface area contributed by atoms with Crippen LogP contribution in [0.3, 0.4) is 0 Å². The SMILES string of the molecule is COC(=O)c1sccc1NC(=O)[C@H](C)Oc1ccccc1Cl. The van der Waals surface area contributed by atoms with E-state index in [9.17, 15) is 9.59 Å². The lowest BCUT2D eigenvalue weighted by molar-refractivity contribution is -0.122. The van der Waals surface area contributed by atoms with Gasteiger partial charge in [-0.15, -0.1) is 11.3 Å². The Bertz CT molecular complexity index is 686. The van der Waals surface area contributed by atoms with Crippen LogP contribution in [0.4, 0.5) is 5.69 Å². The Kier molecular flexibility index (Phi) is 5.41. The summed E-state index contributed by atoms with van der Waals surface area (Å²) in [5, 5.41) is 4.77. The molecule has 1 aromatic carbocycles. The molecular formula is C15H14ClNO4S. The van der Waals surface area contributed by atoms with Gasteiger partial charge in [-0.05, 0) is 30.5 Å². The number of methoxy groups -OCH3 is 1. The molecule has 2 aromatic rings. The van der Waals surface area contributed by atoms with Crippen molar-refractivity contribution in [3.63, 3.8) is 0 Å². The standard InChI is InChI=1S/C15H14ClNO4S/c1-9(21-12-6-4-3-5-10(12)16)14(18)17-11-7-8-22-13(11)15(19)20-2/h3-9H,1-2H3,(H,17,18)/t9-/m0/s1. The molecule has 7 heteroatoms. The molecule has 0 radical (unpaired) electrons. The lowest BCUT2D eigenvalue weighted by atomic mass is 10.3. The Morgan fingerprint density at radius 2 is 2.00 bits per heavy atom. The summed E-state index contributed by atoms with van der Waals surface area (Å²) in [5.41, 5.74) is 0.399. The lowest BCUT2D eigenvalue weighted by Gasteiger charge is -2.15. The Hall–Kier alpha value is -2.05. The monoisotopic (exact) mass is 339 g/mol. The number of esters is 1. The highest BCUT2D eigenvalue weighted by Crippen LogP contribution is 2.26. The number of benzene rings is 1. The first-order valence-corrected chi connectivity index (χ1v) is 7.66. The molecule has 1 heterocycles. The summed E-state index contributed by atoms with van der Waals surface area (Å²) in [6.45, 7) is 1.60. The van der Waals surface area contributed by atoms with Crippen molar-refractivity contribution in [3.8, 4) is 5.75 Å². The molecule has 0 saturated heterocycles. The fourth-order valence-corrected chi connectivity index (χ4v) is 2.62. The van der Waals surface area contributed by atoms with E-state index in [2.05, 4.69) is 10.1 Å². The van der Waals surface area contributed by atoms with Gasteiger partial charge in [0, 0.05) is 0 Å². The molecule has 1 aromatic heterocycles. The van der Waals surface area contributed by atoms with Crippen molar-refractivity contribution in [2.75, 3.05) is 12.4 Å². The highest BCUT2D eigenvalue weighted by molar-refractivity contribution is 7.12. The summed E-state index contributed by atoms with van der Waals surface area (Å²) in [6.07, 6.45) is -0.773. The third-order valence-electron chi connectivity index (χ3n) is 2.80. The summed E-state index contributed by atoms with van der Waals surface area (Å²) >= 11 is 7.18. The zero-order valence-corrected chi connectivity index (χ0v) is 13.5. The largest absolute Gasteiger partial charge is 0.479 e. The minimum Gasteiger partial charge on any atom is -0.479 e. The quantitative estimate of drug-likeness (QED) is 0.845. The summed E-state index contributed by atoms with van der Waals surface area (Å²) in [6, 6.07) is 8.53. The van der Waals surface area contributed by atoms with Gasteiger partial charge in [0.2, 0.25) is 0 Å². The first-order chi connectivity index (χ1) is 10.5. The minimum absolute atomic E-state index is 0.334. The fourth-order valence-electron chi connectivity index (χ4n) is 1.68. The van der Waals surface area contributed by atoms with Crippen molar-refractivity contribution >= 4 is 40.5 Å². The van der Waals surface area contributed by atoms with Crippen molar-refractivity contribution in [1.29, 1.82) is 0 Å². The van der Waals surface area contributed by atoms with Gasteiger partial charge in [-0.1, -0.05) is 23.7 Å². The maximum Gasteiger partial charge on any atom is 0.350 e. The number of carbonyl (C=O) groups is 2. The fraction of sp³-hybridized carbons (Fsp3) is 0.200. The van der Waals surface area contributed by atoms with Crippen molar-refractivity contribution in [2.24, 2.45) is 0 Å². The van der Waals surface area contributed by atoms with Crippen LogP contribution in [0.15, 0.2) is 35.7 Å². The molecule has 2 rings (SSSR count). The molecule has 0 aliphatic carbocycles. The Morgan fingerprint density at radius 3 is 2.68 bits per heavy atom. The normalized spacial score (nSPS) is 11.6. The van der Waals surface area contributed by atoms with E-state index in [4.69, 9.17) is 16.3 Å². The molecule has 0 fully saturated rings. The van der Waals surface area contributed by atoms with Gasteiger partial charge in [-0.3, -0.25) is 4.79 Å². The maximum absolute atomic E-state index is 12.2. The predicted molar refractivity (Wildman–Crippen MR) is 85.8 cm³/mol. The number of hydrogen-bond acceptors (Lipinski definition) is 5. The van der Waals surface area contributed by atoms with Crippen LogP contribution >= 0.6 is 22.9 Å². The highest BCUT2D eigenvalue weighted by Gasteiger charge is 2.20. The van der Waals surface area contributed by atoms with Gasteiger partial charge in [0.15, 0.2) is 6.10 Å². The summed E-state index contributed by atoms with van der Waals surface area (Å²) in [7, 11) is 1.29. The third kappa shape index (κ3) is 3.78. The van der Waals surface area contributed by atoms with Crippen LogP contribution in [-0.4, -0.2) is 25.1 Å². The molecule has 116 valence electrons. The zero-order chi connectivity index (χ0) is 16.1. The second-order valence-electron chi connectivity index (χ2n) is 4.33. The average Bonchev–Trinajstić information content (AvgIpc) is 2.96. The van der Waals surface area contributed by atoms with Gasteiger partial charge < -0.3 is 14.8 Å². The van der Waals surface area contributed by atoms with Crippen LogP contribution in [0.1, 0.15) is 16.6 Å². The molecule has 22 heavy (non-hydrogen) atoms. The molecule has 1 amide bonds. The Morgan fingerprint density at radius 1 is 1.27 bits per heavy atom. The molecule has 0 aliphatic heterocycles. The third-order valence-corrected chi connectivity index (χ3v) is 4.01. The molecular weight excluding hydrogens is 326 g/mol. The van der Waals surface area contributed by atoms with Crippen molar-refractivity contribution < 1.29 is 19.1 Å². The van der Waals surface area contributed by atoms with Crippen molar-refractivity contribution in [3.05, 3.63) is 45.6 Å². The number of amides is 1. The molecule has 0 aliphatic rings. The van der Waals surface area contributed by atoms with Gasteiger partial charge in [0.1, 0.15) is 10.6 Å². The summed E-state index contributed by atoms with van der Waals surface area (Å²) in [5.74, 6) is -0.459. The molecule has 1 atom stereocenters. The van der Waals surface area contributed by atoms with Crippen LogP contribution in [0.2, 0.25) is 5.02 Å². The van der Waals surface area contributed by atoms with E-state index in [-0.39, 0.29) is 5.91 Å². The average molecular weight is 340 g/mol. The smallest absolute Gasteiger partial charge is 0.350 e. The van der Waals surface area contributed by atoms with Gasteiger partial charge in [-0.2, -0.15) is 0 Å². The first-order valence-electron chi connectivity index (χ1n) is 6.40.